The molecule has 0 amide bonds. The van der Waals surface area contributed by atoms with Crippen LogP contribution in [0.4, 0.5) is 4.79 Å². The number of carbonyl (C=O) groups excluding carboxylic acids is 1. The highest BCUT2D eigenvalue weighted by atomic mass is 16.6. The molecule has 0 aromatic heterocycles. The van der Waals surface area contributed by atoms with Crippen molar-refractivity contribution in [3.63, 3.8) is 0 Å². The molecule has 0 fully saturated rings. The molecule has 24 heavy (non-hydrogen) atoms. The van der Waals surface area contributed by atoms with Gasteiger partial charge in [-0.05, 0) is 25.9 Å². The van der Waals surface area contributed by atoms with Crippen LogP contribution in [0, 0.1) is 0 Å². The molecule has 0 bridgehead atoms. The number of nitrogens with zero attached hydrogens (tertiary/aromatic N) is 1. The summed E-state index contributed by atoms with van der Waals surface area (Å²) in [7, 11) is 4.70. The van der Waals surface area contributed by atoms with Crippen molar-refractivity contribution >= 4 is 6.16 Å². The number of unbranched alkanes of at least 4 members (excludes halogenated alkanes) is 12. The minimum Gasteiger partial charge on any atom is -0.652 e. The summed E-state index contributed by atoms with van der Waals surface area (Å²) in [6, 6.07) is 0. The molecule has 0 unspecified atom stereocenters. The molecule has 0 aliphatic rings. The Kier molecular flexibility index (Phi) is 19.7. The van der Waals surface area contributed by atoms with Crippen molar-refractivity contribution in [3.05, 3.63) is 0 Å². The van der Waals surface area contributed by atoms with Crippen molar-refractivity contribution in [1.82, 2.24) is 0 Å². The maximum Gasteiger partial charge on any atom is 0.0782 e. The third-order valence-corrected chi connectivity index (χ3v) is 4.72. The average molecular weight is 345 g/mol. The van der Waals surface area contributed by atoms with Crippen LogP contribution in [0.25, 0.3) is 0 Å². The monoisotopic (exact) mass is 344 g/mol. The summed E-state index contributed by atoms with van der Waals surface area (Å²) in [4.78, 5) is 8.33. The molecule has 4 nitrogen and oxygen atoms in total. The van der Waals surface area contributed by atoms with E-state index in [4.69, 9.17) is 15.0 Å². The summed E-state index contributed by atoms with van der Waals surface area (Å²) >= 11 is 0. The second-order valence-corrected chi connectivity index (χ2v) is 7.47. The number of hydrogen-bond acceptors (Lipinski definition) is 3. The first-order valence-electron chi connectivity index (χ1n) is 10.1. The quantitative estimate of drug-likeness (QED) is 0.336. The molecule has 0 saturated heterocycles. The van der Waals surface area contributed by atoms with Crippen molar-refractivity contribution in [2.75, 3.05) is 27.2 Å². The third-order valence-electron chi connectivity index (χ3n) is 4.72. The molecule has 0 radical (unpaired) electrons. The van der Waals surface area contributed by atoms with Gasteiger partial charge in [0.2, 0.25) is 0 Å². The topological polar surface area (TPSA) is 63.2 Å². The Hall–Kier alpha value is -0.770. The zero-order valence-electron chi connectivity index (χ0n) is 16.8. The van der Waals surface area contributed by atoms with Gasteiger partial charge in [-0.3, -0.25) is 0 Å². The predicted octanol–water partition coefficient (Wildman–Crippen LogP) is 3.73. The van der Waals surface area contributed by atoms with E-state index in [0.717, 1.165) is 0 Å². The number of rotatable bonds is 15. The molecular formula is C20H42NO3-. The molecule has 0 aliphatic carbocycles. The van der Waals surface area contributed by atoms with E-state index in [9.17, 15) is 0 Å². The number of carbonyl (C=O) groups is 1. The zero-order valence-corrected chi connectivity index (χ0v) is 16.8. The molecule has 0 heterocycles. The van der Waals surface area contributed by atoms with Gasteiger partial charge in [0, 0.05) is 0 Å². The Labute approximate surface area is 150 Å². The largest absolute Gasteiger partial charge is 0.652 e. The molecule has 0 aromatic rings. The summed E-state index contributed by atoms with van der Waals surface area (Å²) in [5, 5.41) is 16.7. The van der Waals surface area contributed by atoms with Crippen LogP contribution >= 0.6 is 0 Å². The molecule has 0 rings (SSSR count). The molecule has 0 aliphatic heterocycles. The van der Waals surface area contributed by atoms with Crippen LogP contribution < -0.4 is 10.2 Å². The molecule has 4 heteroatoms. The van der Waals surface area contributed by atoms with E-state index in [1.807, 2.05) is 0 Å². The van der Waals surface area contributed by atoms with Crippen LogP contribution in [0.3, 0.4) is 0 Å². The van der Waals surface area contributed by atoms with Crippen LogP contribution in [0.2, 0.25) is 0 Å². The lowest BCUT2D eigenvalue weighted by Crippen LogP contribution is -2.39. The highest BCUT2D eigenvalue weighted by molar-refractivity contribution is 5.47. The van der Waals surface area contributed by atoms with Gasteiger partial charge in [0.1, 0.15) is 0 Å². The second-order valence-electron chi connectivity index (χ2n) is 7.47. The van der Waals surface area contributed by atoms with Crippen molar-refractivity contribution in [1.29, 1.82) is 0 Å². The van der Waals surface area contributed by atoms with Crippen molar-refractivity contribution in [2.24, 2.45) is 0 Å². The summed E-state index contributed by atoms with van der Waals surface area (Å²) in [6.45, 7) is 7.21. The Balaban J connectivity index is 0. The molecule has 0 atom stereocenters. The number of quaternary nitrogens is 1. The van der Waals surface area contributed by atoms with Crippen molar-refractivity contribution < 1.29 is 19.5 Å². The fourth-order valence-corrected chi connectivity index (χ4v) is 2.72. The van der Waals surface area contributed by atoms with E-state index < -0.39 is 6.16 Å². The first-order chi connectivity index (χ1) is 11.4. The summed E-state index contributed by atoms with van der Waals surface area (Å²) < 4.78 is 1.19. The maximum absolute atomic E-state index is 8.33. The van der Waals surface area contributed by atoms with E-state index in [1.54, 1.807) is 0 Å². The van der Waals surface area contributed by atoms with Gasteiger partial charge in [0.25, 0.3) is 0 Å². The summed E-state index contributed by atoms with van der Waals surface area (Å²) in [5.41, 5.74) is 0. The number of hydrogen-bond donors (Lipinski definition) is 0. The average Bonchev–Trinajstić information content (AvgIpc) is 2.51. The first-order valence-corrected chi connectivity index (χ1v) is 10.1. The lowest BCUT2D eigenvalue weighted by molar-refractivity contribution is -0.888. The minimum atomic E-state index is -2.33. The summed E-state index contributed by atoms with van der Waals surface area (Å²) in [5.74, 6) is 0. The molecule has 0 spiro atoms. The van der Waals surface area contributed by atoms with Crippen LogP contribution in [-0.4, -0.2) is 37.8 Å². The molecule has 0 aromatic carbocycles. The predicted molar refractivity (Wildman–Crippen MR) is 98.6 cm³/mol. The molecule has 0 N–H and O–H groups in total. The fourth-order valence-electron chi connectivity index (χ4n) is 2.72. The van der Waals surface area contributed by atoms with Gasteiger partial charge in [-0.25, -0.2) is 0 Å². The lowest BCUT2D eigenvalue weighted by Gasteiger charge is -2.28. The van der Waals surface area contributed by atoms with Crippen molar-refractivity contribution in [3.8, 4) is 0 Å². The van der Waals surface area contributed by atoms with Gasteiger partial charge in [0.15, 0.2) is 0 Å². The van der Waals surface area contributed by atoms with E-state index in [2.05, 4.69) is 27.9 Å². The fraction of sp³-hybridized carbons (Fsp3) is 0.950. The SMILES string of the molecule is CCCCCCCCCCCCCCC[N+](C)(C)CC.O=C([O-])[O-]. The van der Waals surface area contributed by atoms with Crippen LogP contribution in [0.15, 0.2) is 0 Å². The molecule has 0 saturated carbocycles. The van der Waals surface area contributed by atoms with Crippen LogP contribution in [-0.2, 0) is 0 Å². The highest BCUT2D eigenvalue weighted by Crippen LogP contribution is 2.13. The van der Waals surface area contributed by atoms with Gasteiger partial charge in [-0.1, -0.05) is 77.6 Å². The lowest BCUT2D eigenvalue weighted by atomic mass is 10.0. The normalized spacial score (nSPS) is 11.0. The first kappa shape index (κ1) is 25.5. The Morgan fingerprint density at radius 1 is 0.667 bits per heavy atom. The maximum atomic E-state index is 8.33. The standard InChI is InChI=1S/C19H42N.CH2O3/c1-5-7-8-9-10-11-12-13-14-15-16-17-18-19-20(3,4)6-2;2-1(3)4/h5-19H2,1-4H3;(H2,2,3,4)/q+1;/p-2. The van der Waals surface area contributed by atoms with Crippen LogP contribution in [0.5, 0.6) is 0 Å². The van der Waals surface area contributed by atoms with E-state index >= 15 is 0 Å². The smallest absolute Gasteiger partial charge is 0.0782 e. The minimum absolute atomic E-state index is 1.19. The third kappa shape index (κ3) is 26.1. The highest BCUT2D eigenvalue weighted by Gasteiger charge is 2.09. The van der Waals surface area contributed by atoms with Crippen LogP contribution in [0.1, 0.15) is 97.3 Å². The van der Waals surface area contributed by atoms with E-state index in [-0.39, 0.29) is 0 Å². The molecular weight excluding hydrogens is 302 g/mol. The van der Waals surface area contributed by atoms with Gasteiger partial charge in [0.05, 0.1) is 27.2 Å². The Morgan fingerprint density at radius 2 is 0.958 bits per heavy atom. The summed E-state index contributed by atoms with van der Waals surface area (Å²) in [6.07, 6.45) is 16.6. The second kappa shape index (κ2) is 18.6. The van der Waals surface area contributed by atoms with Gasteiger partial charge < -0.3 is 19.5 Å². The van der Waals surface area contributed by atoms with Gasteiger partial charge in [-0.15, -0.1) is 0 Å². The number of carboxylic acid groups (broad SMARTS) is 2. The Morgan fingerprint density at radius 3 is 1.25 bits per heavy atom. The van der Waals surface area contributed by atoms with E-state index in [1.165, 1.54) is 101 Å². The van der Waals surface area contributed by atoms with E-state index in [0.29, 0.717) is 0 Å². The van der Waals surface area contributed by atoms with Crippen molar-refractivity contribution in [2.45, 2.75) is 97.3 Å². The van der Waals surface area contributed by atoms with Gasteiger partial charge in [-0.2, -0.15) is 0 Å². The zero-order chi connectivity index (χ0) is 18.7. The Bertz CT molecular complexity index is 264. The van der Waals surface area contributed by atoms with Gasteiger partial charge >= 0.3 is 0 Å². The molecule has 146 valence electrons.